The Morgan fingerprint density at radius 1 is 1.11 bits per heavy atom. The van der Waals surface area contributed by atoms with Crippen molar-refractivity contribution in [3.63, 3.8) is 0 Å². The number of rotatable bonds is 3. The summed E-state index contributed by atoms with van der Waals surface area (Å²) in [5, 5.41) is 6.05. The Labute approximate surface area is 164 Å². The number of fused-ring (bicyclic) bond motifs is 1. The van der Waals surface area contributed by atoms with Crippen LogP contribution in [0.1, 0.15) is 28.8 Å². The van der Waals surface area contributed by atoms with E-state index in [2.05, 4.69) is 27.3 Å². The first-order valence-corrected chi connectivity index (χ1v) is 9.66. The minimum atomic E-state index is -0.0922. The van der Waals surface area contributed by atoms with Crippen molar-refractivity contribution >= 4 is 34.1 Å². The van der Waals surface area contributed by atoms with Crippen LogP contribution < -0.4 is 10.2 Å². The molecule has 5 heteroatoms. The zero-order valence-electron chi connectivity index (χ0n) is 15.3. The van der Waals surface area contributed by atoms with Gasteiger partial charge in [0.1, 0.15) is 5.82 Å². The molecule has 1 aromatic heterocycles. The van der Waals surface area contributed by atoms with E-state index in [1.807, 2.05) is 43.5 Å². The van der Waals surface area contributed by atoms with Crippen LogP contribution >= 0.6 is 11.6 Å². The molecular formula is C22H22ClN3O. The van der Waals surface area contributed by atoms with E-state index >= 15 is 0 Å². The molecule has 1 fully saturated rings. The zero-order chi connectivity index (χ0) is 18.8. The van der Waals surface area contributed by atoms with Gasteiger partial charge in [-0.3, -0.25) is 4.79 Å². The lowest BCUT2D eigenvalue weighted by Gasteiger charge is -2.33. The number of carbonyl (C=O) groups excluding carboxylic acids is 1. The molecule has 3 aromatic rings. The van der Waals surface area contributed by atoms with Crippen LogP contribution in [0.2, 0.25) is 5.02 Å². The number of hydrogen-bond donors (Lipinski definition) is 1. The number of amides is 1. The molecule has 2 heterocycles. The molecule has 4 nitrogen and oxygen atoms in total. The summed E-state index contributed by atoms with van der Waals surface area (Å²) in [7, 11) is 0. The molecule has 138 valence electrons. The second kappa shape index (κ2) is 7.57. The quantitative estimate of drug-likeness (QED) is 0.723. The number of hydrogen-bond acceptors (Lipinski definition) is 3. The Kier molecular flexibility index (Phi) is 4.99. The van der Waals surface area contributed by atoms with Crippen LogP contribution in [0.5, 0.6) is 0 Å². The molecular weight excluding hydrogens is 358 g/mol. The third-order valence-corrected chi connectivity index (χ3v) is 5.72. The molecule has 27 heavy (non-hydrogen) atoms. The van der Waals surface area contributed by atoms with Crippen molar-refractivity contribution in [1.29, 1.82) is 0 Å². The Morgan fingerprint density at radius 2 is 1.89 bits per heavy atom. The van der Waals surface area contributed by atoms with Crippen molar-refractivity contribution in [3.8, 4) is 0 Å². The second-order valence-electron chi connectivity index (χ2n) is 7.03. The molecule has 1 aliphatic rings. The minimum absolute atomic E-state index is 0.0922. The van der Waals surface area contributed by atoms with Gasteiger partial charge in [-0.25, -0.2) is 4.98 Å². The monoisotopic (exact) mass is 379 g/mol. The lowest BCUT2D eigenvalue weighted by molar-refractivity contribution is 0.0931. The molecule has 1 aliphatic heterocycles. The Hall–Kier alpha value is -2.59. The van der Waals surface area contributed by atoms with E-state index < -0.39 is 0 Å². The highest BCUT2D eigenvalue weighted by atomic mass is 35.5. The third kappa shape index (κ3) is 3.62. The van der Waals surface area contributed by atoms with E-state index in [1.54, 1.807) is 6.07 Å². The minimum Gasteiger partial charge on any atom is -0.356 e. The van der Waals surface area contributed by atoms with E-state index in [9.17, 15) is 4.79 Å². The summed E-state index contributed by atoms with van der Waals surface area (Å²) in [6.45, 7) is 3.65. The smallest absolute Gasteiger partial charge is 0.253 e. The second-order valence-corrected chi connectivity index (χ2v) is 7.40. The fourth-order valence-electron chi connectivity index (χ4n) is 3.68. The van der Waals surface area contributed by atoms with E-state index in [4.69, 9.17) is 11.6 Å². The maximum Gasteiger partial charge on any atom is 0.253 e. The lowest BCUT2D eigenvalue weighted by Crippen LogP contribution is -2.45. The van der Waals surface area contributed by atoms with Gasteiger partial charge >= 0.3 is 0 Å². The number of aromatic nitrogens is 1. The summed E-state index contributed by atoms with van der Waals surface area (Å²) in [5.41, 5.74) is 1.47. The van der Waals surface area contributed by atoms with Gasteiger partial charge in [-0.05, 0) is 42.8 Å². The molecule has 1 amide bonds. The van der Waals surface area contributed by atoms with Gasteiger partial charge in [0, 0.05) is 30.7 Å². The number of piperidine rings is 1. The molecule has 1 N–H and O–H groups in total. The first-order chi connectivity index (χ1) is 13.1. The summed E-state index contributed by atoms with van der Waals surface area (Å²) >= 11 is 6.29. The number of nitrogens with zero attached hydrogens (tertiary/aromatic N) is 2. The number of anilines is 1. The molecule has 2 aromatic carbocycles. The first-order valence-electron chi connectivity index (χ1n) is 9.28. The number of aryl methyl sites for hydroxylation is 1. The highest BCUT2D eigenvalue weighted by Crippen LogP contribution is 2.27. The summed E-state index contributed by atoms with van der Waals surface area (Å²) in [4.78, 5) is 19.5. The summed E-state index contributed by atoms with van der Waals surface area (Å²) in [6.07, 6.45) is 3.64. The van der Waals surface area contributed by atoms with Gasteiger partial charge < -0.3 is 10.2 Å². The topological polar surface area (TPSA) is 45.2 Å². The predicted octanol–water partition coefficient (Wildman–Crippen LogP) is 4.60. The van der Waals surface area contributed by atoms with E-state index in [1.165, 1.54) is 10.8 Å². The van der Waals surface area contributed by atoms with Crippen LogP contribution in [0.3, 0.4) is 0 Å². The molecule has 0 aliphatic carbocycles. The zero-order valence-corrected chi connectivity index (χ0v) is 16.0. The number of nitrogens with one attached hydrogen (secondary N) is 1. The van der Waals surface area contributed by atoms with Crippen molar-refractivity contribution < 1.29 is 4.79 Å². The number of carbonyl (C=O) groups is 1. The van der Waals surface area contributed by atoms with Gasteiger partial charge in [-0.15, -0.1) is 0 Å². The van der Waals surface area contributed by atoms with E-state index in [-0.39, 0.29) is 11.9 Å². The maximum atomic E-state index is 12.6. The van der Waals surface area contributed by atoms with Gasteiger partial charge in [0.15, 0.2) is 0 Å². The van der Waals surface area contributed by atoms with Crippen molar-refractivity contribution in [2.24, 2.45) is 0 Å². The van der Waals surface area contributed by atoms with E-state index in [0.29, 0.717) is 10.6 Å². The van der Waals surface area contributed by atoms with Crippen LogP contribution in [0.15, 0.2) is 54.7 Å². The molecule has 0 atom stereocenters. The van der Waals surface area contributed by atoms with Crippen molar-refractivity contribution in [3.05, 3.63) is 70.9 Å². The highest BCUT2D eigenvalue weighted by molar-refractivity contribution is 6.34. The Bertz CT molecular complexity index is 975. The van der Waals surface area contributed by atoms with Gasteiger partial charge in [-0.2, -0.15) is 0 Å². The normalized spacial score (nSPS) is 15.1. The summed E-state index contributed by atoms with van der Waals surface area (Å²) in [6, 6.07) is 16.1. The first kappa shape index (κ1) is 17.8. The Morgan fingerprint density at radius 3 is 2.70 bits per heavy atom. The SMILES string of the molecule is Cc1cccc(C(=O)NC2CCN(c3nccc4ccccc34)CC2)c1Cl. The highest BCUT2D eigenvalue weighted by Gasteiger charge is 2.23. The number of pyridine rings is 1. The van der Waals surface area contributed by atoms with Crippen LogP contribution in [0.4, 0.5) is 5.82 Å². The van der Waals surface area contributed by atoms with Crippen LogP contribution in [-0.2, 0) is 0 Å². The van der Waals surface area contributed by atoms with Crippen molar-refractivity contribution in [2.45, 2.75) is 25.8 Å². The molecule has 1 saturated heterocycles. The van der Waals surface area contributed by atoms with Gasteiger partial charge in [0.25, 0.3) is 5.91 Å². The molecule has 0 radical (unpaired) electrons. The molecule has 0 spiro atoms. The summed E-state index contributed by atoms with van der Waals surface area (Å²) in [5.74, 6) is 0.935. The van der Waals surface area contributed by atoms with E-state index in [0.717, 1.165) is 37.3 Å². The lowest BCUT2D eigenvalue weighted by atomic mass is 10.0. The fourth-order valence-corrected chi connectivity index (χ4v) is 3.89. The maximum absolute atomic E-state index is 12.6. The summed E-state index contributed by atoms with van der Waals surface area (Å²) < 4.78 is 0. The number of halogens is 1. The molecule has 0 bridgehead atoms. The van der Waals surface area contributed by atoms with Crippen LogP contribution in [0.25, 0.3) is 10.8 Å². The Balaban J connectivity index is 1.43. The average molecular weight is 380 g/mol. The fraction of sp³-hybridized carbons (Fsp3) is 0.273. The van der Waals surface area contributed by atoms with Crippen LogP contribution in [0, 0.1) is 6.92 Å². The average Bonchev–Trinajstić information content (AvgIpc) is 2.70. The van der Waals surface area contributed by atoms with Crippen molar-refractivity contribution in [2.75, 3.05) is 18.0 Å². The van der Waals surface area contributed by atoms with Gasteiger partial charge in [0.05, 0.1) is 10.6 Å². The third-order valence-electron chi connectivity index (χ3n) is 5.22. The largest absolute Gasteiger partial charge is 0.356 e. The van der Waals surface area contributed by atoms with Crippen LogP contribution in [-0.4, -0.2) is 30.0 Å². The molecule has 0 saturated carbocycles. The molecule has 4 rings (SSSR count). The van der Waals surface area contributed by atoms with Gasteiger partial charge in [-0.1, -0.05) is 48.0 Å². The van der Waals surface area contributed by atoms with Gasteiger partial charge in [0.2, 0.25) is 0 Å². The number of benzene rings is 2. The predicted molar refractivity (Wildman–Crippen MR) is 111 cm³/mol. The van der Waals surface area contributed by atoms with Crippen molar-refractivity contribution in [1.82, 2.24) is 10.3 Å². The molecule has 0 unspecified atom stereocenters. The standard InChI is InChI=1S/C22H22ClN3O/c1-15-5-4-8-19(20(15)23)22(27)25-17-10-13-26(14-11-17)21-18-7-3-2-6-16(18)9-12-24-21/h2-9,12,17H,10-11,13-14H2,1H3,(H,25,27).